The summed E-state index contributed by atoms with van der Waals surface area (Å²) in [4.78, 5) is 4.08. The first-order valence-corrected chi connectivity index (χ1v) is 13.5. The second-order valence-electron chi connectivity index (χ2n) is 9.10. The Bertz CT molecular complexity index is 873. The summed E-state index contributed by atoms with van der Waals surface area (Å²) in [5.41, 5.74) is 2.60. The van der Waals surface area contributed by atoms with Gasteiger partial charge in [0, 0.05) is 34.8 Å². The van der Waals surface area contributed by atoms with E-state index in [1.54, 1.807) is 31.1 Å². The van der Waals surface area contributed by atoms with Crippen LogP contribution in [0.1, 0.15) is 90.2 Å². The first-order chi connectivity index (χ1) is 16.2. The lowest BCUT2D eigenvalue weighted by Crippen LogP contribution is -2.09. The van der Waals surface area contributed by atoms with Crippen molar-refractivity contribution in [3.05, 3.63) is 70.7 Å². The van der Waals surface area contributed by atoms with Gasteiger partial charge >= 0.3 is 0 Å². The lowest BCUT2D eigenvalue weighted by molar-refractivity contribution is 0.192. The Morgan fingerprint density at radius 1 is 1.15 bits per heavy atom. The fourth-order valence-electron chi connectivity index (χ4n) is 3.30. The van der Waals surface area contributed by atoms with E-state index in [9.17, 15) is 10.2 Å². The maximum absolute atomic E-state index is 10.2. The van der Waals surface area contributed by atoms with Crippen LogP contribution < -0.4 is 0 Å². The average molecular weight is 507 g/mol. The third-order valence-corrected chi connectivity index (χ3v) is 6.21. The van der Waals surface area contributed by atoms with Crippen LogP contribution in [0.2, 0.25) is 0 Å². The number of allylic oxidation sites excluding steroid dienone is 3. The zero-order chi connectivity index (χ0) is 25.5. The van der Waals surface area contributed by atoms with Gasteiger partial charge in [-0.25, -0.2) is 0 Å². The molecule has 0 aliphatic rings. The molecule has 2 N–H and O–H groups in total. The molecule has 2 unspecified atom stereocenters. The Morgan fingerprint density at radius 2 is 1.79 bits per heavy atom. The summed E-state index contributed by atoms with van der Waals surface area (Å²) in [6.07, 6.45) is 13.4. The van der Waals surface area contributed by atoms with Crippen LogP contribution in [0.25, 0.3) is 0 Å². The molecule has 0 fully saturated rings. The molecule has 0 aliphatic carbocycles. The molecule has 190 valence electrons. The van der Waals surface area contributed by atoms with Gasteiger partial charge < -0.3 is 14.8 Å². The van der Waals surface area contributed by atoms with Crippen LogP contribution in [0.4, 0.5) is 0 Å². The van der Waals surface area contributed by atoms with Crippen molar-refractivity contribution < 1.29 is 10.2 Å². The van der Waals surface area contributed by atoms with Crippen molar-refractivity contribution in [3.63, 3.8) is 0 Å². The Labute approximate surface area is 216 Å². The molecule has 0 spiro atoms. The number of thioether (sulfide) groups is 1. The van der Waals surface area contributed by atoms with Gasteiger partial charge in [-0.15, -0.1) is 11.8 Å². The van der Waals surface area contributed by atoms with Gasteiger partial charge in [0.2, 0.25) is 0 Å². The van der Waals surface area contributed by atoms with Crippen LogP contribution >= 0.6 is 23.4 Å². The van der Waals surface area contributed by atoms with Gasteiger partial charge in [-0.2, -0.15) is 0 Å². The van der Waals surface area contributed by atoms with Gasteiger partial charge in [0.05, 0.1) is 23.4 Å². The molecular weight excluding hydrogens is 464 g/mol. The summed E-state index contributed by atoms with van der Waals surface area (Å²) < 4.78 is 2.08. The monoisotopic (exact) mass is 506 g/mol. The molecule has 2 aromatic heterocycles. The molecule has 0 bridgehead atoms. The molecule has 0 radical (unpaired) electrons. The standard InChI is InChI=1S/C24H33ClN2O2S.C4H10/c1-4-5-6-7-8-9-21(25)14-18(2)30-24-15-22(19(3)29)23(17-28)27(24)16-20-10-12-26-13-11-20;1-4(2)3/h5-6,10-15,18-19,28-29H,4,7-9,16-17H2,1-3H3;4H,1-3H3/b6-5-,21-14+;. The molecule has 4 nitrogen and oxygen atoms in total. The number of aromatic nitrogens is 2. The summed E-state index contributed by atoms with van der Waals surface area (Å²) in [5.74, 6) is 0.833. The molecule has 2 heterocycles. The molecule has 2 aromatic rings. The highest BCUT2D eigenvalue weighted by Crippen LogP contribution is 2.33. The highest BCUT2D eigenvalue weighted by atomic mass is 35.5. The van der Waals surface area contributed by atoms with E-state index in [-0.39, 0.29) is 11.9 Å². The van der Waals surface area contributed by atoms with Crippen LogP contribution in [0.5, 0.6) is 0 Å². The van der Waals surface area contributed by atoms with Crippen molar-refractivity contribution in [2.24, 2.45) is 5.92 Å². The van der Waals surface area contributed by atoms with E-state index in [0.29, 0.717) is 6.54 Å². The molecule has 34 heavy (non-hydrogen) atoms. The van der Waals surface area contributed by atoms with Gasteiger partial charge in [-0.05, 0) is 69.2 Å². The largest absolute Gasteiger partial charge is 0.390 e. The van der Waals surface area contributed by atoms with E-state index in [1.807, 2.05) is 18.2 Å². The minimum absolute atomic E-state index is 0.123. The van der Waals surface area contributed by atoms with E-state index in [4.69, 9.17) is 11.6 Å². The molecule has 0 saturated carbocycles. The van der Waals surface area contributed by atoms with E-state index >= 15 is 0 Å². The van der Waals surface area contributed by atoms with Gasteiger partial charge in [-0.1, -0.05) is 57.5 Å². The number of hydrogen-bond donors (Lipinski definition) is 2. The Balaban J connectivity index is 0.00000133. The van der Waals surface area contributed by atoms with E-state index < -0.39 is 6.10 Å². The number of aliphatic hydroxyl groups is 2. The van der Waals surface area contributed by atoms with Crippen LogP contribution in [0.15, 0.2) is 58.9 Å². The van der Waals surface area contributed by atoms with Gasteiger partial charge in [-0.3, -0.25) is 4.98 Å². The fraction of sp³-hybridized carbons (Fsp3) is 0.536. The van der Waals surface area contributed by atoms with Gasteiger partial charge in [0.1, 0.15) is 0 Å². The minimum atomic E-state index is -0.643. The molecule has 0 aromatic carbocycles. The first-order valence-electron chi connectivity index (χ1n) is 12.3. The Hall–Kier alpha value is -1.53. The topological polar surface area (TPSA) is 58.3 Å². The van der Waals surface area contributed by atoms with Crippen molar-refractivity contribution in [1.82, 2.24) is 9.55 Å². The Morgan fingerprint density at radius 3 is 2.35 bits per heavy atom. The third-order valence-electron chi connectivity index (χ3n) is 4.80. The van der Waals surface area contributed by atoms with Gasteiger partial charge in [0.25, 0.3) is 0 Å². The number of rotatable bonds is 12. The Kier molecular flexibility index (Phi) is 15.2. The SMILES string of the molecule is CC(C)C.CC/C=C\CCC/C(Cl)=C\C(C)Sc1cc(C(C)O)c(CO)n1Cc1ccncc1. The predicted molar refractivity (Wildman–Crippen MR) is 147 cm³/mol. The second-order valence-corrected chi connectivity index (χ2v) is 11.0. The first kappa shape index (κ1) is 30.5. The highest BCUT2D eigenvalue weighted by molar-refractivity contribution is 8.00. The lowest BCUT2D eigenvalue weighted by atomic mass is 10.1. The predicted octanol–water partition coefficient (Wildman–Crippen LogP) is 7.88. The molecule has 0 saturated heterocycles. The maximum Gasteiger partial charge on any atom is 0.0837 e. The molecule has 0 aliphatic heterocycles. The molecular formula is C28H43ClN2O2S. The smallest absolute Gasteiger partial charge is 0.0837 e. The minimum Gasteiger partial charge on any atom is -0.390 e. The quantitative estimate of drug-likeness (QED) is 0.174. The molecule has 2 atom stereocenters. The number of pyridine rings is 1. The highest BCUT2D eigenvalue weighted by Gasteiger charge is 2.19. The number of halogens is 1. The van der Waals surface area contributed by atoms with E-state index in [2.05, 4.69) is 62.4 Å². The zero-order valence-corrected chi connectivity index (χ0v) is 23.2. The van der Waals surface area contributed by atoms with Crippen molar-refractivity contribution >= 4 is 23.4 Å². The van der Waals surface area contributed by atoms with Crippen LogP contribution in [0, 0.1) is 5.92 Å². The van der Waals surface area contributed by atoms with Crippen molar-refractivity contribution in [2.45, 2.75) is 96.8 Å². The zero-order valence-electron chi connectivity index (χ0n) is 21.7. The molecule has 6 heteroatoms. The molecule has 2 rings (SSSR count). The van der Waals surface area contributed by atoms with Crippen molar-refractivity contribution in [1.29, 1.82) is 0 Å². The summed E-state index contributed by atoms with van der Waals surface area (Å²) >= 11 is 8.15. The van der Waals surface area contributed by atoms with E-state index in [1.165, 1.54) is 0 Å². The summed E-state index contributed by atoms with van der Waals surface area (Å²) in [6, 6.07) is 5.91. The van der Waals surface area contributed by atoms with Crippen molar-refractivity contribution in [2.75, 3.05) is 0 Å². The van der Waals surface area contributed by atoms with Crippen LogP contribution in [-0.2, 0) is 13.2 Å². The maximum atomic E-state index is 10.2. The summed E-state index contributed by atoms with van der Waals surface area (Å²) in [7, 11) is 0. The van der Waals surface area contributed by atoms with Crippen LogP contribution in [0.3, 0.4) is 0 Å². The summed E-state index contributed by atoms with van der Waals surface area (Å²) in [5, 5.41) is 22.2. The van der Waals surface area contributed by atoms with Crippen LogP contribution in [-0.4, -0.2) is 25.0 Å². The summed E-state index contributed by atoms with van der Waals surface area (Å²) in [6.45, 7) is 13.0. The average Bonchev–Trinajstić information content (AvgIpc) is 3.11. The number of aliphatic hydroxyl groups excluding tert-OH is 2. The second kappa shape index (κ2) is 17.0. The normalized spacial score (nSPS) is 13.8. The molecule has 0 amide bonds. The number of nitrogens with zero attached hydrogens (tertiary/aromatic N) is 2. The fourth-order valence-corrected chi connectivity index (χ4v) is 4.81. The third kappa shape index (κ3) is 11.7. The van der Waals surface area contributed by atoms with E-state index in [0.717, 1.165) is 58.5 Å². The van der Waals surface area contributed by atoms with Gasteiger partial charge in [0.15, 0.2) is 0 Å². The lowest BCUT2D eigenvalue weighted by Gasteiger charge is -2.15. The number of unbranched alkanes of at least 4 members (excludes halogenated alkanes) is 1. The van der Waals surface area contributed by atoms with Crippen molar-refractivity contribution in [3.8, 4) is 0 Å². The number of hydrogen-bond acceptors (Lipinski definition) is 4.